The number of methoxy groups -OCH3 is 1. The molecule has 2 N–H and O–H groups in total. The van der Waals surface area contributed by atoms with E-state index in [2.05, 4.69) is 4.72 Å². The first-order valence-electron chi connectivity index (χ1n) is 7.85. The highest BCUT2D eigenvalue weighted by atomic mass is 32.2. The molecule has 0 fully saturated rings. The molecule has 0 amide bonds. The van der Waals surface area contributed by atoms with Crippen molar-refractivity contribution in [3.05, 3.63) is 58.5 Å². The van der Waals surface area contributed by atoms with Gasteiger partial charge in [-0.15, -0.1) is 0 Å². The summed E-state index contributed by atoms with van der Waals surface area (Å²) in [5, 5.41) is 14.1. The van der Waals surface area contributed by atoms with Crippen molar-refractivity contribution in [2.24, 2.45) is 0 Å². The predicted octanol–water partition coefficient (Wildman–Crippen LogP) is 3.34. The van der Waals surface area contributed by atoms with Crippen molar-refractivity contribution in [1.29, 1.82) is 0 Å². The van der Waals surface area contributed by atoms with E-state index < -0.39 is 16.1 Å². The monoisotopic (exact) mass is 393 g/mol. The van der Waals surface area contributed by atoms with Crippen molar-refractivity contribution in [3.8, 4) is 17.1 Å². The van der Waals surface area contributed by atoms with Crippen LogP contribution in [0.25, 0.3) is 11.3 Å². The van der Waals surface area contributed by atoms with Crippen LogP contribution in [0.1, 0.15) is 17.4 Å². The molecule has 0 spiro atoms. The number of ether oxygens (including phenoxy) is 1. The highest BCUT2D eigenvalue weighted by Gasteiger charge is 2.21. The van der Waals surface area contributed by atoms with E-state index in [1.54, 1.807) is 42.5 Å². The third-order valence-electron chi connectivity index (χ3n) is 3.90. The first-order valence-corrected chi connectivity index (χ1v) is 10.3. The molecule has 1 atom stereocenters. The lowest BCUT2D eigenvalue weighted by Crippen LogP contribution is -2.29. The van der Waals surface area contributed by atoms with Crippen molar-refractivity contribution in [2.75, 3.05) is 13.7 Å². The van der Waals surface area contributed by atoms with E-state index in [-0.39, 0.29) is 11.4 Å². The summed E-state index contributed by atoms with van der Waals surface area (Å²) in [6, 6.07) is 10.0. The fraction of sp³-hybridized carbons (Fsp3) is 0.222. The molecule has 26 heavy (non-hydrogen) atoms. The maximum atomic E-state index is 12.5. The predicted molar refractivity (Wildman–Crippen MR) is 99.9 cm³/mol. The van der Waals surface area contributed by atoms with Crippen molar-refractivity contribution in [3.63, 3.8) is 0 Å². The van der Waals surface area contributed by atoms with Crippen LogP contribution < -0.4 is 9.46 Å². The van der Waals surface area contributed by atoms with E-state index in [0.29, 0.717) is 22.8 Å². The van der Waals surface area contributed by atoms with Crippen LogP contribution in [0.3, 0.4) is 0 Å². The number of aliphatic hydroxyl groups excluding tert-OH is 1. The van der Waals surface area contributed by atoms with Gasteiger partial charge >= 0.3 is 0 Å². The van der Waals surface area contributed by atoms with Gasteiger partial charge in [-0.2, -0.15) is 11.3 Å². The van der Waals surface area contributed by atoms with E-state index in [4.69, 9.17) is 9.15 Å². The summed E-state index contributed by atoms with van der Waals surface area (Å²) in [6.07, 6.45) is -1.09. The van der Waals surface area contributed by atoms with Gasteiger partial charge in [0, 0.05) is 17.5 Å². The molecule has 0 saturated carbocycles. The van der Waals surface area contributed by atoms with Gasteiger partial charge in [-0.05, 0) is 54.3 Å². The normalized spacial score (nSPS) is 12.9. The van der Waals surface area contributed by atoms with Gasteiger partial charge in [-0.1, -0.05) is 0 Å². The average molecular weight is 393 g/mol. The van der Waals surface area contributed by atoms with Crippen LogP contribution in [0.5, 0.6) is 5.75 Å². The lowest BCUT2D eigenvalue weighted by atomic mass is 10.2. The molecule has 0 aliphatic heterocycles. The van der Waals surface area contributed by atoms with Gasteiger partial charge in [0.15, 0.2) is 0 Å². The van der Waals surface area contributed by atoms with Crippen LogP contribution >= 0.6 is 11.3 Å². The van der Waals surface area contributed by atoms with Gasteiger partial charge in [-0.3, -0.25) is 0 Å². The number of sulfonamides is 1. The zero-order chi connectivity index (χ0) is 18.7. The van der Waals surface area contributed by atoms with E-state index in [1.807, 2.05) is 16.8 Å². The zero-order valence-corrected chi connectivity index (χ0v) is 15.9. The summed E-state index contributed by atoms with van der Waals surface area (Å²) in [6.45, 7) is 1.50. The summed E-state index contributed by atoms with van der Waals surface area (Å²) < 4.78 is 38.1. The van der Waals surface area contributed by atoms with Crippen LogP contribution in [0.2, 0.25) is 0 Å². The lowest BCUT2D eigenvalue weighted by Gasteiger charge is -2.12. The quantitative estimate of drug-likeness (QED) is 0.643. The van der Waals surface area contributed by atoms with Gasteiger partial charge in [0.2, 0.25) is 10.0 Å². The van der Waals surface area contributed by atoms with Gasteiger partial charge in [0.05, 0.1) is 12.0 Å². The molecule has 2 heterocycles. The maximum absolute atomic E-state index is 12.5. The number of hydrogen-bond acceptors (Lipinski definition) is 6. The number of hydrogen-bond donors (Lipinski definition) is 2. The molecular weight excluding hydrogens is 374 g/mol. The number of thiophene rings is 1. The van der Waals surface area contributed by atoms with Crippen LogP contribution in [0.4, 0.5) is 0 Å². The largest absolute Gasteiger partial charge is 0.497 e. The Morgan fingerprint density at radius 3 is 2.73 bits per heavy atom. The molecule has 0 aliphatic carbocycles. The maximum Gasteiger partial charge on any atom is 0.240 e. The fourth-order valence-electron chi connectivity index (χ4n) is 2.51. The standard InChI is InChI=1S/C18H19NO5S2/c1-12-9-14(23-2)3-6-18(12)26(21,22)19-10-15(20)17-5-4-16(24-17)13-7-8-25-11-13/h3-9,11,15,19-20H,10H2,1-2H3. The number of aryl methyl sites for hydroxylation is 1. The average Bonchev–Trinajstić information content (AvgIpc) is 3.30. The highest BCUT2D eigenvalue weighted by Crippen LogP contribution is 2.27. The van der Waals surface area contributed by atoms with E-state index >= 15 is 0 Å². The molecule has 0 aliphatic rings. The van der Waals surface area contributed by atoms with E-state index in [0.717, 1.165) is 5.56 Å². The molecular formula is C18H19NO5S2. The van der Waals surface area contributed by atoms with Crippen molar-refractivity contribution >= 4 is 21.4 Å². The summed E-state index contributed by atoms with van der Waals surface area (Å²) in [7, 11) is -2.24. The Morgan fingerprint density at radius 2 is 2.08 bits per heavy atom. The number of benzene rings is 1. The molecule has 1 aromatic carbocycles. The topological polar surface area (TPSA) is 88.8 Å². The minimum absolute atomic E-state index is 0.143. The smallest absolute Gasteiger partial charge is 0.240 e. The summed E-state index contributed by atoms with van der Waals surface area (Å²) >= 11 is 1.54. The molecule has 8 heteroatoms. The molecule has 0 saturated heterocycles. The molecule has 0 bridgehead atoms. The van der Waals surface area contributed by atoms with Crippen LogP contribution in [-0.2, 0) is 10.0 Å². The Hall–Kier alpha value is -2.13. The summed E-state index contributed by atoms with van der Waals surface area (Å²) in [5.74, 6) is 1.52. The fourth-order valence-corrected chi connectivity index (χ4v) is 4.42. The minimum atomic E-state index is -3.76. The minimum Gasteiger partial charge on any atom is -0.497 e. The molecule has 0 radical (unpaired) electrons. The Balaban J connectivity index is 1.69. The third-order valence-corrected chi connectivity index (χ3v) is 6.17. The zero-order valence-electron chi connectivity index (χ0n) is 14.3. The second-order valence-electron chi connectivity index (χ2n) is 5.71. The van der Waals surface area contributed by atoms with Crippen molar-refractivity contribution < 1.29 is 22.7 Å². The van der Waals surface area contributed by atoms with Gasteiger partial charge in [-0.25, -0.2) is 13.1 Å². The molecule has 2 aromatic heterocycles. The summed E-state index contributed by atoms with van der Waals surface area (Å²) in [4.78, 5) is 0.143. The number of nitrogens with one attached hydrogen (secondary N) is 1. The lowest BCUT2D eigenvalue weighted by molar-refractivity contribution is 0.155. The number of rotatable bonds is 7. The second kappa shape index (κ2) is 7.63. The molecule has 1 unspecified atom stereocenters. The molecule has 3 rings (SSSR count). The Morgan fingerprint density at radius 1 is 1.27 bits per heavy atom. The van der Waals surface area contributed by atoms with E-state index in [9.17, 15) is 13.5 Å². The van der Waals surface area contributed by atoms with Crippen molar-refractivity contribution in [1.82, 2.24) is 4.72 Å². The van der Waals surface area contributed by atoms with E-state index in [1.165, 1.54) is 13.2 Å². The molecule has 138 valence electrons. The Labute approximate surface area is 156 Å². The highest BCUT2D eigenvalue weighted by molar-refractivity contribution is 7.89. The first-order chi connectivity index (χ1) is 12.4. The SMILES string of the molecule is COc1ccc(S(=O)(=O)NCC(O)c2ccc(-c3ccsc3)o2)c(C)c1. The Bertz CT molecular complexity index is 977. The van der Waals surface area contributed by atoms with Gasteiger partial charge < -0.3 is 14.3 Å². The summed E-state index contributed by atoms with van der Waals surface area (Å²) in [5.41, 5.74) is 1.48. The Kier molecular flexibility index (Phi) is 5.47. The van der Waals surface area contributed by atoms with Gasteiger partial charge in [0.25, 0.3) is 0 Å². The van der Waals surface area contributed by atoms with Crippen LogP contribution in [-0.4, -0.2) is 27.2 Å². The number of furan rings is 1. The van der Waals surface area contributed by atoms with Crippen LogP contribution in [0, 0.1) is 6.92 Å². The van der Waals surface area contributed by atoms with Crippen molar-refractivity contribution in [2.45, 2.75) is 17.9 Å². The number of aliphatic hydroxyl groups is 1. The third kappa shape index (κ3) is 3.99. The second-order valence-corrected chi connectivity index (χ2v) is 8.23. The molecule has 6 nitrogen and oxygen atoms in total. The van der Waals surface area contributed by atoms with Crippen LogP contribution in [0.15, 0.2) is 56.5 Å². The van der Waals surface area contributed by atoms with Gasteiger partial charge in [0.1, 0.15) is 23.4 Å². The molecule has 3 aromatic rings. The first kappa shape index (κ1) is 18.7.